The molecule has 92 valence electrons. The van der Waals surface area contributed by atoms with Gasteiger partial charge in [0.25, 0.3) is 0 Å². The lowest BCUT2D eigenvalue weighted by Gasteiger charge is -2.28. The summed E-state index contributed by atoms with van der Waals surface area (Å²) in [6.45, 7) is 7.44. The topological polar surface area (TPSA) is 9.23 Å². The Kier molecular flexibility index (Phi) is 8.20. The van der Waals surface area contributed by atoms with Crippen LogP contribution in [0, 0.1) is 0 Å². The van der Waals surface area contributed by atoms with Gasteiger partial charge in [-0.25, -0.2) is 0 Å². The molecule has 0 aliphatic heterocycles. The van der Waals surface area contributed by atoms with E-state index in [1.807, 2.05) is 0 Å². The molecule has 0 unspecified atom stereocenters. The van der Waals surface area contributed by atoms with Crippen LogP contribution in [0.4, 0.5) is 0 Å². The Morgan fingerprint density at radius 1 is 0.933 bits per heavy atom. The van der Waals surface area contributed by atoms with Crippen molar-refractivity contribution in [2.24, 2.45) is 0 Å². The van der Waals surface area contributed by atoms with Gasteiger partial charge in [-0.1, -0.05) is 20.8 Å². The predicted molar refractivity (Wildman–Crippen MR) is 75.9 cm³/mol. The Labute approximate surface area is 110 Å². The molecule has 0 rings (SSSR count). The lowest BCUT2D eigenvalue weighted by Crippen LogP contribution is -2.36. The third-order valence-electron chi connectivity index (χ3n) is 2.95. The van der Waals surface area contributed by atoms with E-state index in [4.69, 9.17) is 37.7 Å². The van der Waals surface area contributed by atoms with Crippen LogP contribution in [0.3, 0.4) is 0 Å². The molecule has 1 nitrogen and oxygen atoms in total. The molecule has 0 heterocycles. The van der Waals surface area contributed by atoms with Crippen molar-refractivity contribution in [3.05, 3.63) is 0 Å². The third-order valence-corrected chi connectivity index (χ3v) is 10.2. The first-order chi connectivity index (χ1) is 6.89. The summed E-state index contributed by atoms with van der Waals surface area (Å²) in [5.74, 6) is 0. The van der Waals surface area contributed by atoms with Crippen molar-refractivity contribution in [1.29, 1.82) is 0 Å². The molecule has 0 radical (unpaired) electrons. The van der Waals surface area contributed by atoms with Crippen molar-refractivity contribution >= 4 is 47.6 Å². The lowest BCUT2D eigenvalue weighted by molar-refractivity contribution is 0.299. The van der Waals surface area contributed by atoms with Gasteiger partial charge in [-0.05, 0) is 30.6 Å². The number of hydrogen-bond acceptors (Lipinski definition) is 1. The first kappa shape index (κ1) is 16.3. The van der Waals surface area contributed by atoms with Gasteiger partial charge in [-0.3, -0.25) is 0 Å². The minimum Gasteiger partial charge on any atom is -0.417 e. The van der Waals surface area contributed by atoms with E-state index in [1.54, 1.807) is 0 Å². The maximum absolute atomic E-state index is 6.06. The van der Waals surface area contributed by atoms with Gasteiger partial charge in [0, 0.05) is 6.61 Å². The summed E-state index contributed by atoms with van der Waals surface area (Å²) in [6, 6.07) is 1.83. The van der Waals surface area contributed by atoms with E-state index in [-0.39, 0.29) is 0 Å². The molecule has 0 fully saturated rings. The molecular formula is C9H21Cl3OSi2. The first-order valence-corrected chi connectivity index (χ1v) is 13.4. The second-order valence-electron chi connectivity index (χ2n) is 3.81. The molecule has 0 spiro atoms. The Balaban J connectivity index is 3.82. The Morgan fingerprint density at radius 2 is 1.40 bits per heavy atom. The van der Waals surface area contributed by atoms with Crippen LogP contribution in [0.15, 0.2) is 0 Å². The van der Waals surface area contributed by atoms with Crippen LogP contribution in [0.25, 0.3) is 0 Å². The molecule has 0 aliphatic rings. The van der Waals surface area contributed by atoms with Gasteiger partial charge >= 0.3 is 6.00 Å². The maximum atomic E-state index is 6.06. The zero-order chi connectivity index (χ0) is 11.9. The van der Waals surface area contributed by atoms with Gasteiger partial charge in [0.1, 0.15) is 0 Å². The van der Waals surface area contributed by atoms with Crippen LogP contribution in [0.5, 0.6) is 0 Å². The lowest BCUT2D eigenvalue weighted by atomic mass is 10.5. The van der Waals surface area contributed by atoms with Crippen LogP contribution in [-0.2, 0) is 4.43 Å². The Bertz CT molecular complexity index is 161. The number of hydrogen-bond donors (Lipinski definition) is 0. The highest BCUT2D eigenvalue weighted by Gasteiger charge is 2.29. The van der Waals surface area contributed by atoms with Gasteiger partial charge in [0.2, 0.25) is 0 Å². The Morgan fingerprint density at radius 3 is 1.73 bits per heavy atom. The highest BCUT2D eigenvalue weighted by Crippen LogP contribution is 2.27. The van der Waals surface area contributed by atoms with Crippen LogP contribution >= 0.6 is 33.2 Å². The number of halogens is 3. The molecule has 0 saturated carbocycles. The second kappa shape index (κ2) is 7.56. The summed E-state index contributed by atoms with van der Waals surface area (Å²) in [4.78, 5) is 0. The predicted octanol–water partition coefficient (Wildman–Crippen LogP) is 5.05. The highest BCUT2D eigenvalue weighted by molar-refractivity contribution is 7.64. The van der Waals surface area contributed by atoms with E-state index >= 15 is 0 Å². The van der Waals surface area contributed by atoms with Crippen LogP contribution in [-0.4, -0.2) is 20.9 Å². The SMILES string of the molecule is CC[Si](CC)(CC)OCCC[Si](Cl)(Cl)Cl. The van der Waals surface area contributed by atoms with Gasteiger partial charge in [-0.15, -0.1) is 33.2 Å². The molecule has 0 saturated heterocycles. The molecule has 0 aromatic carbocycles. The molecular weight excluding hydrogens is 287 g/mol. The van der Waals surface area contributed by atoms with Crippen molar-refractivity contribution in [2.45, 2.75) is 51.4 Å². The van der Waals surface area contributed by atoms with Gasteiger partial charge in [-0.2, -0.15) is 0 Å². The zero-order valence-corrected chi connectivity index (χ0v) is 14.1. The van der Waals surface area contributed by atoms with Gasteiger partial charge in [0.15, 0.2) is 8.32 Å². The fraction of sp³-hybridized carbons (Fsp3) is 1.00. The summed E-state index contributed by atoms with van der Waals surface area (Å²) in [7, 11) is -1.43. The summed E-state index contributed by atoms with van der Waals surface area (Å²) in [5, 5.41) is 0. The summed E-state index contributed by atoms with van der Waals surface area (Å²) < 4.78 is 6.06. The molecule has 0 aromatic heterocycles. The highest BCUT2D eigenvalue weighted by atomic mass is 35.8. The monoisotopic (exact) mass is 306 g/mol. The molecule has 15 heavy (non-hydrogen) atoms. The van der Waals surface area contributed by atoms with Crippen molar-refractivity contribution < 1.29 is 4.43 Å². The summed E-state index contributed by atoms with van der Waals surface area (Å²) in [5.41, 5.74) is 0. The molecule has 0 aromatic rings. The quantitative estimate of drug-likeness (QED) is 0.346. The van der Waals surface area contributed by atoms with Crippen molar-refractivity contribution in [3.8, 4) is 0 Å². The van der Waals surface area contributed by atoms with Crippen molar-refractivity contribution in [2.75, 3.05) is 6.61 Å². The summed E-state index contributed by atoms with van der Waals surface area (Å²) >= 11 is 17.4. The van der Waals surface area contributed by atoms with Crippen LogP contribution in [0.1, 0.15) is 27.2 Å². The average Bonchev–Trinajstić information content (AvgIpc) is 2.18. The zero-order valence-electron chi connectivity index (χ0n) is 9.78. The van der Waals surface area contributed by atoms with E-state index in [0.717, 1.165) is 13.0 Å². The van der Waals surface area contributed by atoms with E-state index in [9.17, 15) is 0 Å². The molecule has 0 atom stereocenters. The number of rotatable bonds is 8. The molecule has 0 N–H and O–H groups in total. The molecule has 0 aliphatic carbocycles. The van der Waals surface area contributed by atoms with E-state index in [0.29, 0.717) is 6.04 Å². The normalized spacial score (nSPS) is 13.2. The minimum atomic E-state index is -2.43. The Hall–Kier alpha value is 1.26. The average molecular weight is 308 g/mol. The van der Waals surface area contributed by atoms with Gasteiger partial charge in [0.05, 0.1) is 0 Å². The van der Waals surface area contributed by atoms with Crippen LogP contribution < -0.4 is 0 Å². The smallest absolute Gasteiger partial charge is 0.341 e. The third kappa shape index (κ3) is 7.24. The second-order valence-corrected chi connectivity index (χ2v) is 17.9. The van der Waals surface area contributed by atoms with E-state index in [2.05, 4.69) is 20.8 Å². The largest absolute Gasteiger partial charge is 0.417 e. The van der Waals surface area contributed by atoms with E-state index < -0.39 is 14.3 Å². The maximum Gasteiger partial charge on any atom is 0.341 e. The first-order valence-electron chi connectivity index (χ1n) is 5.60. The van der Waals surface area contributed by atoms with E-state index in [1.165, 1.54) is 18.1 Å². The molecule has 6 heteroatoms. The van der Waals surface area contributed by atoms with Crippen LogP contribution in [0.2, 0.25) is 24.2 Å². The fourth-order valence-electron chi connectivity index (χ4n) is 1.62. The molecule has 0 amide bonds. The minimum absolute atomic E-state index is 0.708. The van der Waals surface area contributed by atoms with Crippen molar-refractivity contribution in [3.63, 3.8) is 0 Å². The molecule has 0 bridgehead atoms. The standard InChI is InChI=1S/C9H21Cl3OSi2/c1-4-14(5-2,6-3)13-8-7-9-15(10,11)12/h4-9H2,1-3H3. The summed E-state index contributed by atoms with van der Waals surface area (Å²) in [6.07, 6.45) is 0.886. The van der Waals surface area contributed by atoms with Gasteiger partial charge < -0.3 is 4.43 Å². The van der Waals surface area contributed by atoms with Crippen molar-refractivity contribution in [1.82, 2.24) is 0 Å². The fourth-order valence-corrected chi connectivity index (χ4v) is 6.06.